The van der Waals surface area contributed by atoms with Crippen LogP contribution in [0.1, 0.15) is 37.3 Å². The molecule has 2 aromatic carbocycles. The van der Waals surface area contributed by atoms with Gasteiger partial charge in [0, 0.05) is 11.3 Å². The van der Waals surface area contributed by atoms with Gasteiger partial charge in [0.15, 0.2) is 0 Å². The molecule has 0 unspecified atom stereocenters. The Morgan fingerprint density at radius 3 is 2.45 bits per heavy atom. The Labute approximate surface area is 132 Å². The Balaban J connectivity index is 2.00. The average molecular weight is 297 g/mol. The fraction of sp³-hybridized carbons (Fsp3) is 0.316. The highest BCUT2D eigenvalue weighted by molar-refractivity contribution is 5.92. The summed E-state index contributed by atoms with van der Waals surface area (Å²) in [4.78, 5) is 12.2. The second-order valence-corrected chi connectivity index (χ2v) is 5.47. The molecule has 2 aromatic rings. The van der Waals surface area contributed by atoms with Gasteiger partial charge in [-0.2, -0.15) is 0 Å². The molecule has 116 valence electrons. The largest absolute Gasteiger partial charge is 0.496 e. The van der Waals surface area contributed by atoms with Crippen LogP contribution in [0.15, 0.2) is 48.5 Å². The van der Waals surface area contributed by atoms with E-state index in [0.717, 1.165) is 23.4 Å². The van der Waals surface area contributed by atoms with Crippen molar-refractivity contribution in [1.82, 2.24) is 0 Å². The lowest BCUT2D eigenvalue weighted by Crippen LogP contribution is -2.14. The smallest absolute Gasteiger partial charge is 0.228 e. The molecule has 0 saturated carbocycles. The number of hydrogen-bond donors (Lipinski definition) is 1. The van der Waals surface area contributed by atoms with E-state index in [1.807, 2.05) is 36.4 Å². The van der Waals surface area contributed by atoms with Gasteiger partial charge in [0.1, 0.15) is 5.75 Å². The van der Waals surface area contributed by atoms with E-state index in [-0.39, 0.29) is 5.91 Å². The van der Waals surface area contributed by atoms with Crippen LogP contribution in [0.2, 0.25) is 0 Å². The van der Waals surface area contributed by atoms with Crippen molar-refractivity contribution in [3.05, 3.63) is 59.7 Å². The lowest BCUT2D eigenvalue weighted by molar-refractivity contribution is -0.115. The summed E-state index contributed by atoms with van der Waals surface area (Å²) >= 11 is 0. The number of carbonyl (C=O) groups is 1. The molecule has 0 aliphatic rings. The zero-order valence-corrected chi connectivity index (χ0v) is 13.4. The highest BCUT2D eigenvalue weighted by atomic mass is 16.5. The zero-order chi connectivity index (χ0) is 15.9. The van der Waals surface area contributed by atoms with Gasteiger partial charge >= 0.3 is 0 Å². The maximum atomic E-state index is 12.2. The number of ether oxygens (including phenoxy) is 1. The van der Waals surface area contributed by atoms with E-state index in [4.69, 9.17) is 4.74 Å². The number of amides is 1. The Bertz CT molecular complexity index is 620. The molecule has 2 rings (SSSR count). The molecule has 0 fully saturated rings. The topological polar surface area (TPSA) is 38.3 Å². The molecule has 0 saturated heterocycles. The Morgan fingerprint density at radius 2 is 1.82 bits per heavy atom. The first-order valence-corrected chi connectivity index (χ1v) is 7.65. The third-order valence-electron chi connectivity index (χ3n) is 3.92. The van der Waals surface area contributed by atoms with Crippen molar-refractivity contribution >= 4 is 11.6 Å². The van der Waals surface area contributed by atoms with E-state index in [9.17, 15) is 4.79 Å². The summed E-state index contributed by atoms with van der Waals surface area (Å²) in [6.45, 7) is 4.38. The third-order valence-corrected chi connectivity index (χ3v) is 3.92. The second kappa shape index (κ2) is 7.64. The molecule has 0 radical (unpaired) electrons. The van der Waals surface area contributed by atoms with Crippen LogP contribution in [0, 0.1) is 0 Å². The first-order chi connectivity index (χ1) is 10.6. The average Bonchev–Trinajstić information content (AvgIpc) is 2.55. The number of hydrogen-bond acceptors (Lipinski definition) is 2. The SMILES string of the molecule is CC[C@H](C)c1ccc(NC(=O)Cc2ccccc2OC)cc1. The number of rotatable bonds is 6. The van der Waals surface area contributed by atoms with Gasteiger partial charge in [-0.15, -0.1) is 0 Å². The Morgan fingerprint density at radius 1 is 1.14 bits per heavy atom. The maximum absolute atomic E-state index is 12.2. The maximum Gasteiger partial charge on any atom is 0.228 e. The van der Waals surface area contributed by atoms with E-state index in [0.29, 0.717) is 12.3 Å². The van der Waals surface area contributed by atoms with Gasteiger partial charge in [-0.1, -0.05) is 44.2 Å². The van der Waals surface area contributed by atoms with Gasteiger partial charge in [-0.05, 0) is 36.1 Å². The number of carbonyl (C=O) groups excluding carboxylic acids is 1. The summed E-state index contributed by atoms with van der Waals surface area (Å²) in [5.41, 5.74) is 3.01. The van der Waals surface area contributed by atoms with Gasteiger partial charge in [-0.3, -0.25) is 4.79 Å². The van der Waals surface area contributed by atoms with E-state index in [1.165, 1.54) is 5.56 Å². The van der Waals surface area contributed by atoms with Crippen LogP contribution in [0.4, 0.5) is 5.69 Å². The first-order valence-electron chi connectivity index (χ1n) is 7.65. The quantitative estimate of drug-likeness (QED) is 0.858. The van der Waals surface area contributed by atoms with Crippen molar-refractivity contribution in [1.29, 1.82) is 0 Å². The van der Waals surface area contributed by atoms with Crippen LogP contribution in [0.5, 0.6) is 5.75 Å². The molecular weight excluding hydrogens is 274 g/mol. The predicted octanol–water partition coefficient (Wildman–Crippen LogP) is 4.39. The van der Waals surface area contributed by atoms with Crippen molar-refractivity contribution in [2.24, 2.45) is 0 Å². The van der Waals surface area contributed by atoms with Crippen LogP contribution >= 0.6 is 0 Å². The minimum atomic E-state index is -0.0409. The van der Waals surface area contributed by atoms with Gasteiger partial charge in [0.2, 0.25) is 5.91 Å². The molecule has 0 bridgehead atoms. The highest BCUT2D eigenvalue weighted by Gasteiger charge is 2.09. The molecule has 3 heteroatoms. The standard InChI is InChI=1S/C19H23NO2/c1-4-14(2)15-9-11-17(12-10-15)20-19(21)13-16-7-5-6-8-18(16)22-3/h5-12,14H,4,13H2,1-3H3,(H,20,21)/t14-/m0/s1. The zero-order valence-electron chi connectivity index (χ0n) is 13.4. The van der Waals surface area contributed by atoms with E-state index < -0.39 is 0 Å². The fourth-order valence-electron chi connectivity index (χ4n) is 2.36. The van der Waals surface area contributed by atoms with Crippen molar-refractivity contribution < 1.29 is 9.53 Å². The predicted molar refractivity (Wildman–Crippen MR) is 90.5 cm³/mol. The molecule has 3 nitrogen and oxygen atoms in total. The minimum Gasteiger partial charge on any atom is -0.496 e. The molecule has 1 N–H and O–H groups in total. The van der Waals surface area contributed by atoms with Crippen LogP contribution in [0.3, 0.4) is 0 Å². The van der Waals surface area contributed by atoms with Crippen molar-refractivity contribution in [3.63, 3.8) is 0 Å². The molecule has 0 aliphatic carbocycles. The van der Waals surface area contributed by atoms with E-state index in [2.05, 4.69) is 31.3 Å². The normalized spacial score (nSPS) is 11.8. The van der Waals surface area contributed by atoms with Crippen LogP contribution < -0.4 is 10.1 Å². The van der Waals surface area contributed by atoms with Crippen LogP contribution in [0.25, 0.3) is 0 Å². The van der Waals surface area contributed by atoms with Gasteiger partial charge in [0.25, 0.3) is 0 Å². The second-order valence-electron chi connectivity index (χ2n) is 5.47. The van der Waals surface area contributed by atoms with Gasteiger partial charge in [0.05, 0.1) is 13.5 Å². The monoisotopic (exact) mass is 297 g/mol. The molecule has 0 aromatic heterocycles. The summed E-state index contributed by atoms with van der Waals surface area (Å²) in [5.74, 6) is 1.24. The molecule has 0 aliphatic heterocycles. The lowest BCUT2D eigenvalue weighted by Gasteiger charge is -2.11. The first kappa shape index (κ1) is 16.1. The van der Waals surface area contributed by atoms with Gasteiger partial charge < -0.3 is 10.1 Å². The number of anilines is 1. The number of nitrogens with one attached hydrogen (secondary N) is 1. The summed E-state index contributed by atoms with van der Waals surface area (Å²) in [7, 11) is 1.62. The van der Waals surface area contributed by atoms with Crippen molar-refractivity contribution in [3.8, 4) is 5.75 Å². The summed E-state index contributed by atoms with van der Waals surface area (Å²) in [6.07, 6.45) is 1.41. The molecule has 0 heterocycles. The van der Waals surface area contributed by atoms with Crippen LogP contribution in [-0.4, -0.2) is 13.0 Å². The molecular formula is C19H23NO2. The minimum absolute atomic E-state index is 0.0409. The van der Waals surface area contributed by atoms with Gasteiger partial charge in [-0.25, -0.2) is 0 Å². The molecule has 0 spiro atoms. The van der Waals surface area contributed by atoms with E-state index >= 15 is 0 Å². The summed E-state index contributed by atoms with van der Waals surface area (Å²) < 4.78 is 5.27. The highest BCUT2D eigenvalue weighted by Crippen LogP contribution is 2.21. The van der Waals surface area contributed by atoms with E-state index in [1.54, 1.807) is 7.11 Å². The molecule has 1 atom stereocenters. The Kier molecular flexibility index (Phi) is 5.59. The van der Waals surface area contributed by atoms with Crippen molar-refractivity contribution in [2.45, 2.75) is 32.6 Å². The summed E-state index contributed by atoms with van der Waals surface area (Å²) in [5, 5.41) is 2.93. The fourth-order valence-corrected chi connectivity index (χ4v) is 2.36. The van der Waals surface area contributed by atoms with Crippen LogP contribution in [-0.2, 0) is 11.2 Å². The number of benzene rings is 2. The number of para-hydroxylation sites is 1. The molecule has 22 heavy (non-hydrogen) atoms. The number of methoxy groups -OCH3 is 1. The lowest BCUT2D eigenvalue weighted by atomic mass is 9.98. The third kappa shape index (κ3) is 4.10. The van der Waals surface area contributed by atoms with Crippen molar-refractivity contribution in [2.75, 3.05) is 12.4 Å². The summed E-state index contributed by atoms with van der Waals surface area (Å²) in [6, 6.07) is 15.6. The molecule has 1 amide bonds. The Hall–Kier alpha value is -2.29.